The maximum Gasteiger partial charge on any atom is 0.248 e. The molecule has 0 aliphatic heterocycles. The van der Waals surface area contributed by atoms with E-state index in [-0.39, 0.29) is 0 Å². The zero-order chi connectivity index (χ0) is 13.8. The van der Waals surface area contributed by atoms with Crippen LogP contribution in [0, 0.1) is 0 Å². The van der Waals surface area contributed by atoms with Crippen molar-refractivity contribution in [1.29, 1.82) is 0 Å². The summed E-state index contributed by atoms with van der Waals surface area (Å²) in [5, 5.41) is 4.39. The molecular weight excluding hydrogens is 283 g/mol. The molecule has 19 heavy (non-hydrogen) atoms. The molecule has 2 aromatic carbocycles. The Morgan fingerprint density at radius 1 is 1.16 bits per heavy atom. The smallest absolute Gasteiger partial charge is 0.248 e. The van der Waals surface area contributed by atoms with Gasteiger partial charge < -0.3 is 11.1 Å². The normalized spacial score (nSPS) is 10.2. The van der Waals surface area contributed by atoms with Crippen LogP contribution in [0.1, 0.15) is 15.9 Å². The van der Waals surface area contributed by atoms with Gasteiger partial charge in [0.1, 0.15) is 0 Å². The van der Waals surface area contributed by atoms with Gasteiger partial charge in [0.05, 0.1) is 0 Å². The Labute approximate surface area is 121 Å². The highest BCUT2D eigenvalue weighted by Gasteiger charge is 2.03. The fraction of sp³-hybridized carbons (Fsp3) is 0.0714. The number of anilines is 1. The maximum atomic E-state index is 11.1. The number of nitrogens with one attached hydrogen (secondary N) is 1. The van der Waals surface area contributed by atoms with Crippen LogP contribution in [-0.4, -0.2) is 5.91 Å². The van der Waals surface area contributed by atoms with Gasteiger partial charge in [0.2, 0.25) is 5.91 Å². The van der Waals surface area contributed by atoms with Crippen molar-refractivity contribution in [2.45, 2.75) is 6.54 Å². The fourth-order valence-electron chi connectivity index (χ4n) is 1.64. The Morgan fingerprint density at radius 2 is 1.95 bits per heavy atom. The molecular formula is C14H12Cl2N2O. The molecule has 0 spiro atoms. The summed E-state index contributed by atoms with van der Waals surface area (Å²) >= 11 is 11.9. The van der Waals surface area contributed by atoms with Crippen LogP contribution in [-0.2, 0) is 6.54 Å². The fourth-order valence-corrected chi connectivity index (χ4v) is 2.12. The van der Waals surface area contributed by atoms with E-state index in [4.69, 9.17) is 28.9 Å². The van der Waals surface area contributed by atoms with Crippen molar-refractivity contribution >= 4 is 34.8 Å². The number of carbonyl (C=O) groups is 1. The summed E-state index contributed by atoms with van der Waals surface area (Å²) in [6.45, 7) is 0.540. The standard InChI is InChI=1S/C14H12Cl2N2O/c15-11-5-4-10(13(16)7-11)8-18-12-3-1-2-9(6-12)14(17)19/h1-7,18H,8H2,(H2,17,19). The SMILES string of the molecule is NC(=O)c1cccc(NCc2ccc(Cl)cc2Cl)c1. The van der Waals surface area contributed by atoms with Crippen molar-refractivity contribution in [2.75, 3.05) is 5.32 Å². The third-order valence-electron chi connectivity index (χ3n) is 2.65. The van der Waals surface area contributed by atoms with Crippen molar-refractivity contribution in [3.8, 4) is 0 Å². The highest BCUT2D eigenvalue weighted by atomic mass is 35.5. The minimum absolute atomic E-state index is 0.451. The van der Waals surface area contributed by atoms with Crippen LogP contribution in [0.2, 0.25) is 10.0 Å². The molecule has 1 amide bonds. The second-order valence-corrected chi connectivity index (χ2v) is 4.88. The van der Waals surface area contributed by atoms with Gasteiger partial charge in [0, 0.05) is 27.8 Å². The molecule has 3 N–H and O–H groups in total. The first kappa shape index (κ1) is 13.7. The molecule has 5 heteroatoms. The van der Waals surface area contributed by atoms with E-state index in [0.717, 1.165) is 11.3 Å². The second-order valence-electron chi connectivity index (χ2n) is 4.03. The van der Waals surface area contributed by atoms with Crippen LogP contribution in [0.25, 0.3) is 0 Å². The van der Waals surface area contributed by atoms with Gasteiger partial charge in [-0.2, -0.15) is 0 Å². The largest absolute Gasteiger partial charge is 0.381 e. The number of nitrogens with two attached hydrogens (primary N) is 1. The maximum absolute atomic E-state index is 11.1. The van der Waals surface area contributed by atoms with Crippen LogP contribution < -0.4 is 11.1 Å². The minimum Gasteiger partial charge on any atom is -0.381 e. The number of halogens is 2. The monoisotopic (exact) mass is 294 g/mol. The number of carbonyl (C=O) groups excluding carboxylic acids is 1. The number of primary amides is 1. The van der Waals surface area contributed by atoms with Crippen LogP contribution in [0.5, 0.6) is 0 Å². The van der Waals surface area contributed by atoms with Crippen molar-refractivity contribution in [3.05, 3.63) is 63.6 Å². The molecule has 0 fully saturated rings. The van der Waals surface area contributed by atoms with E-state index in [9.17, 15) is 4.79 Å². The summed E-state index contributed by atoms with van der Waals surface area (Å²) in [6, 6.07) is 12.3. The molecule has 0 aromatic heterocycles. The molecule has 0 bridgehead atoms. The lowest BCUT2D eigenvalue weighted by atomic mass is 10.1. The first-order chi connectivity index (χ1) is 9.06. The zero-order valence-corrected chi connectivity index (χ0v) is 11.5. The summed E-state index contributed by atoms with van der Waals surface area (Å²) in [5.74, 6) is -0.451. The topological polar surface area (TPSA) is 55.1 Å². The lowest BCUT2D eigenvalue weighted by molar-refractivity contribution is 0.100. The molecule has 98 valence electrons. The quantitative estimate of drug-likeness (QED) is 0.903. The lowest BCUT2D eigenvalue weighted by Crippen LogP contribution is -2.11. The van der Waals surface area contributed by atoms with Gasteiger partial charge in [0.15, 0.2) is 0 Å². The number of amides is 1. The average Bonchev–Trinajstić information content (AvgIpc) is 2.38. The van der Waals surface area contributed by atoms with Crippen molar-refractivity contribution in [3.63, 3.8) is 0 Å². The van der Waals surface area contributed by atoms with Gasteiger partial charge in [-0.15, -0.1) is 0 Å². The van der Waals surface area contributed by atoms with Crippen LogP contribution in [0.15, 0.2) is 42.5 Å². The van der Waals surface area contributed by atoms with Crippen molar-refractivity contribution in [2.24, 2.45) is 5.73 Å². The predicted octanol–water partition coefficient (Wildman–Crippen LogP) is 3.70. The molecule has 2 rings (SSSR count). The van der Waals surface area contributed by atoms with E-state index in [1.165, 1.54) is 0 Å². The number of benzene rings is 2. The first-order valence-corrected chi connectivity index (χ1v) is 6.39. The third-order valence-corrected chi connectivity index (χ3v) is 3.23. The highest BCUT2D eigenvalue weighted by molar-refractivity contribution is 6.35. The Morgan fingerprint density at radius 3 is 2.63 bits per heavy atom. The van der Waals surface area contributed by atoms with Crippen LogP contribution in [0.4, 0.5) is 5.69 Å². The Bertz CT molecular complexity index is 614. The van der Waals surface area contributed by atoms with Gasteiger partial charge >= 0.3 is 0 Å². The zero-order valence-electron chi connectivity index (χ0n) is 9.99. The second kappa shape index (κ2) is 5.95. The highest BCUT2D eigenvalue weighted by Crippen LogP contribution is 2.22. The van der Waals surface area contributed by atoms with E-state index < -0.39 is 5.91 Å². The summed E-state index contributed by atoms with van der Waals surface area (Å²) < 4.78 is 0. The molecule has 3 nitrogen and oxygen atoms in total. The van der Waals surface area contributed by atoms with E-state index >= 15 is 0 Å². The van der Waals surface area contributed by atoms with Crippen LogP contribution >= 0.6 is 23.2 Å². The third kappa shape index (κ3) is 3.63. The minimum atomic E-state index is -0.451. The Hall–Kier alpha value is -1.71. The van der Waals surface area contributed by atoms with E-state index in [1.54, 1.807) is 30.3 Å². The molecule has 0 unspecified atom stereocenters. The van der Waals surface area contributed by atoms with E-state index in [0.29, 0.717) is 22.2 Å². The molecule has 0 aliphatic carbocycles. The molecule has 0 radical (unpaired) electrons. The van der Waals surface area contributed by atoms with Crippen molar-refractivity contribution < 1.29 is 4.79 Å². The average molecular weight is 295 g/mol. The van der Waals surface area contributed by atoms with Crippen molar-refractivity contribution in [1.82, 2.24) is 0 Å². The van der Waals surface area contributed by atoms with Gasteiger partial charge in [0.25, 0.3) is 0 Å². The van der Waals surface area contributed by atoms with E-state index in [2.05, 4.69) is 5.32 Å². The van der Waals surface area contributed by atoms with Gasteiger partial charge in [-0.05, 0) is 35.9 Å². The van der Waals surface area contributed by atoms with Gasteiger partial charge in [-0.25, -0.2) is 0 Å². The molecule has 0 atom stereocenters. The Kier molecular flexibility index (Phi) is 4.30. The number of rotatable bonds is 4. The van der Waals surface area contributed by atoms with E-state index in [1.807, 2.05) is 12.1 Å². The van der Waals surface area contributed by atoms with Gasteiger partial charge in [-0.1, -0.05) is 35.3 Å². The van der Waals surface area contributed by atoms with Gasteiger partial charge in [-0.3, -0.25) is 4.79 Å². The summed E-state index contributed by atoms with van der Waals surface area (Å²) in [6.07, 6.45) is 0. The summed E-state index contributed by atoms with van der Waals surface area (Å²) in [5.41, 5.74) is 7.43. The molecule has 0 aliphatic rings. The molecule has 0 saturated carbocycles. The Balaban J connectivity index is 2.10. The molecule has 2 aromatic rings. The number of hydrogen-bond donors (Lipinski definition) is 2. The predicted molar refractivity (Wildman–Crippen MR) is 78.7 cm³/mol. The lowest BCUT2D eigenvalue weighted by Gasteiger charge is -2.09. The van der Waals surface area contributed by atoms with Crippen LogP contribution in [0.3, 0.4) is 0 Å². The molecule has 0 saturated heterocycles. The molecule has 0 heterocycles. The summed E-state index contributed by atoms with van der Waals surface area (Å²) in [4.78, 5) is 11.1. The first-order valence-electron chi connectivity index (χ1n) is 5.64. The number of hydrogen-bond acceptors (Lipinski definition) is 2. The summed E-state index contributed by atoms with van der Waals surface area (Å²) in [7, 11) is 0.